The molecule has 36 heavy (non-hydrogen) atoms. The number of hydrogen-bond acceptors (Lipinski definition) is 6. The summed E-state index contributed by atoms with van der Waals surface area (Å²) in [6.07, 6.45) is 10.6. The van der Waals surface area contributed by atoms with Gasteiger partial charge in [0, 0.05) is 62.5 Å². The average molecular weight is 483 g/mol. The number of ether oxygens (including phenoxy) is 1. The van der Waals surface area contributed by atoms with E-state index >= 15 is 0 Å². The Balaban J connectivity index is 1.29. The predicted molar refractivity (Wildman–Crippen MR) is 142 cm³/mol. The van der Waals surface area contributed by atoms with Gasteiger partial charge in [0.05, 0.1) is 12.3 Å². The van der Waals surface area contributed by atoms with Gasteiger partial charge in [-0.2, -0.15) is 5.10 Å². The van der Waals surface area contributed by atoms with E-state index in [1.165, 1.54) is 24.0 Å². The molecule has 4 heterocycles. The Hall–Kier alpha value is -3.42. The third-order valence-electron chi connectivity index (χ3n) is 7.01. The average Bonchev–Trinajstić information content (AvgIpc) is 3.38. The summed E-state index contributed by atoms with van der Waals surface area (Å²) in [5, 5.41) is 4.77. The van der Waals surface area contributed by atoms with Crippen molar-refractivity contribution < 1.29 is 4.74 Å². The molecule has 0 spiro atoms. The van der Waals surface area contributed by atoms with E-state index in [0.717, 1.165) is 61.1 Å². The second-order valence-electron chi connectivity index (χ2n) is 9.37. The molecule has 3 aromatic heterocycles. The van der Waals surface area contributed by atoms with E-state index in [1.807, 2.05) is 35.3 Å². The van der Waals surface area contributed by atoms with E-state index in [9.17, 15) is 0 Å². The van der Waals surface area contributed by atoms with Crippen molar-refractivity contribution in [2.24, 2.45) is 0 Å². The van der Waals surface area contributed by atoms with Gasteiger partial charge in [0.25, 0.3) is 0 Å². The molecule has 186 valence electrons. The largest absolute Gasteiger partial charge is 0.383 e. The van der Waals surface area contributed by atoms with Crippen LogP contribution in [0.15, 0.2) is 67.3 Å². The number of aromatic nitrogens is 5. The second-order valence-corrected chi connectivity index (χ2v) is 9.37. The highest BCUT2D eigenvalue weighted by atomic mass is 16.5. The molecule has 0 unspecified atom stereocenters. The number of rotatable bonds is 9. The van der Waals surface area contributed by atoms with Gasteiger partial charge in [0.2, 0.25) is 0 Å². The van der Waals surface area contributed by atoms with Crippen molar-refractivity contribution in [1.29, 1.82) is 0 Å². The molecule has 7 heteroatoms. The Kier molecular flexibility index (Phi) is 7.79. The lowest BCUT2D eigenvalue weighted by atomic mass is 9.89. The molecule has 1 fully saturated rings. The molecule has 4 aromatic rings. The van der Waals surface area contributed by atoms with Gasteiger partial charge in [-0.25, -0.2) is 9.97 Å². The van der Waals surface area contributed by atoms with Crippen LogP contribution >= 0.6 is 0 Å². The number of hydrogen-bond donors (Lipinski definition) is 0. The lowest BCUT2D eigenvalue weighted by molar-refractivity contribution is 0.130. The molecule has 7 nitrogen and oxygen atoms in total. The van der Waals surface area contributed by atoms with Gasteiger partial charge in [-0.1, -0.05) is 24.3 Å². The van der Waals surface area contributed by atoms with Crippen LogP contribution in [-0.2, 0) is 17.7 Å². The molecule has 0 amide bonds. The summed E-state index contributed by atoms with van der Waals surface area (Å²) in [5.41, 5.74) is 6.43. The third kappa shape index (κ3) is 5.69. The van der Waals surface area contributed by atoms with E-state index < -0.39 is 0 Å². The minimum atomic E-state index is 0.637. The van der Waals surface area contributed by atoms with Gasteiger partial charge >= 0.3 is 0 Å². The first-order valence-electron chi connectivity index (χ1n) is 12.8. The van der Waals surface area contributed by atoms with Crippen LogP contribution in [0.3, 0.4) is 0 Å². The molecular formula is C29H34N6O. The summed E-state index contributed by atoms with van der Waals surface area (Å²) >= 11 is 0. The zero-order valence-electron chi connectivity index (χ0n) is 21.2. The van der Waals surface area contributed by atoms with Crippen molar-refractivity contribution in [2.75, 3.05) is 33.4 Å². The second kappa shape index (κ2) is 11.5. The zero-order chi connectivity index (χ0) is 24.7. The van der Waals surface area contributed by atoms with Crippen molar-refractivity contribution in [3.8, 4) is 22.5 Å². The first-order chi connectivity index (χ1) is 17.7. The highest BCUT2D eigenvalue weighted by Crippen LogP contribution is 2.30. The van der Waals surface area contributed by atoms with Gasteiger partial charge < -0.3 is 9.64 Å². The Labute approximate surface area is 213 Å². The third-order valence-corrected chi connectivity index (χ3v) is 7.01. The minimum Gasteiger partial charge on any atom is -0.383 e. The molecule has 0 atom stereocenters. The lowest BCUT2D eigenvalue weighted by Gasteiger charge is -2.32. The van der Waals surface area contributed by atoms with Crippen LogP contribution in [-0.4, -0.2) is 63.0 Å². The van der Waals surface area contributed by atoms with Crippen LogP contribution < -0.4 is 0 Å². The van der Waals surface area contributed by atoms with Crippen molar-refractivity contribution >= 4 is 0 Å². The quantitative estimate of drug-likeness (QED) is 0.340. The van der Waals surface area contributed by atoms with Gasteiger partial charge in [-0.05, 0) is 68.1 Å². The molecule has 1 aliphatic rings. The molecule has 5 rings (SSSR count). The number of aryl methyl sites for hydroxylation is 1. The topological polar surface area (TPSA) is 69.0 Å². The summed E-state index contributed by atoms with van der Waals surface area (Å²) in [6, 6.07) is 15.0. The number of nitrogens with zero attached hydrogens (tertiary/aromatic N) is 6. The normalized spacial score (nSPS) is 14.8. The van der Waals surface area contributed by atoms with E-state index in [-0.39, 0.29) is 0 Å². The molecule has 1 aromatic carbocycles. The van der Waals surface area contributed by atoms with Gasteiger partial charge in [0.15, 0.2) is 0 Å². The summed E-state index contributed by atoms with van der Waals surface area (Å²) in [6.45, 7) is 7.02. The van der Waals surface area contributed by atoms with Crippen LogP contribution in [0, 0.1) is 0 Å². The van der Waals surface area contributed by atoms with Crippen molar-refractivity contribution in [2.45, 2.75) is 38.6 Å². The van der Waals surface area contributed by atoms with Crippen LogP contribution in [0.1, 0.15) is 42.6 Å². The Morgan fingerprint density at radius 2 is 1.86 bits per heavy atom. The van der Waals surface area contributed by atoms with E-state index in [2.05, 4.69) is 52.3 Å². The molecule has 0 radical (unpaired) electrons. The number of methoxy groups -OCH3 is 1. The molecule has 1 saturated heterocycles. The summed E-state index contributed by atoms with van der Waals surface area (Å²) in [5.74, 6) is 1.45. The van der Waals surface area contributed by atoms with Crippen LogP contribution in [0.2, 0.25) is 0 Å². The van der Waals surface area contributed by atoms with Crippen LogP contribution in [0.4, 0.5) is 0 Å². The smallest absolute Gasteiger partial charge is 0.133 e. The fourth-order valence-corrected chi connectivity index (χ4v) is 4.92. The number of benzene rings is 1. The number of piperidine rings is 1. The molecule has 0 bridgehead atoms. The van der Waals surface area contributed by atoms with Crippen molar-refractivity contribution in [1.82, 2.24) is 29.6 Å². The lowest BCUT2D eigenvalue weighted by Crippen LogP contribution is -2.35. The number of likely N-dealkylation sites (tertiary alicyclic amines) is 1. The van der Waals surface area contributed by atoms with Crippen molar-refractivity contribution in [3.63, 3.8) is 0 Å². The molecule has 0 N–H and O–H groups in total. The maximum Gasteiger partial charge on any atom is 0.133 e. The molecule has 0 saturated carbocycles. The molecule has 0 aliphatic carbocycles. The number of pyridine rings is 1. The monoisotopic (exact) mass is 482 g/mol. The molecule has 1 aliphatic heterocycles. The van der Waals surface area contributed by atoms with Crippen molar-refractivity contribution in [3.05, 3.63) is 84.2 Å². The van der Waals surface area contributed by atoms with E-state index in [1.54, 1.807) is 13.3 Å². The highest BCUT2D eigenvalue weighted by molar-refractivity contribution is 5.78. The minimum absolute atomic E-state index is 0.637. The maximum atomic E-state index is 5.22. The fraction of sp³-hybridized carbons (Fsp3) is 0.379. The van der Waals surface area contributed by atoms with Gasteiger partial charge in [0.1, 0.15) is 11.5 Å². The Morgan fingerprint density at radius 3 is 2.58 bits per heavy atom. The first-order valence-corrected chi connectivity index (χ1v) is 12.8. The predicted octanol–water partition coefficient (Wildman–Crippen LogP) is 4.84. The summed E-state index contributed by atoms with van der Waals surface area (Å²) < 4.78 is 7.17. The highest BCUT2D eigenvalue weighted by Gasteiger charge is 2.20. The van der Waals surface area contributed by atoms with Gasteiger partial charge in [-0.3, -0.25) is 9.67 Å². The summed E-state index contributed by atoms with van der Waals surface area (Å²) in [7, 11) is 1.77. The Bertz CT molecular complexity index is 1250. The van der Waals surface area contributed by atoms with Gasteiger partial charge in [-0.15, -0.1) is 0 Å². The maximum absolute atomic E-state index is 5.22. The Morgan fingerprint density at radius 1 is 1.03 bits per heavy atom. The van der Waals surface area contributed by atoms with Crippen LogP contribution in [0.5, 0.6) is 0 Å². The standard InChI is InChI=1S/C29H34N6O/c1-3-35-21-26(29(33-35)25-5-4-13-30-20-25)27-10-14-31-28(32-27)19-22-6-8-23(9-7-22)24-11-15-34(16-12-24)17-18-36-2/h4-10,13-14,20-21,24H,3,11-12,15-19H2,1-2H3. The van der Waals surface area contributed by atoms with E-state index in [0.29, 0.717) is 12.3 Å². The first kappa shape index (κ1) is 24.3. The SMILES string of the molecule is CCn1cc(-c2ccnc(Cc3ccc(C4CCN(CCOC)CC4)cc3)n2)c(-c2cccnc2)n1. The van der Waals surface area contributed by atoms with Crippen LogP contribution in [0.25, 0.3) is 22.5 Å². The fourth-order valence-electron chi connectivity index (χ4n) is 4.92. The van der Waals surface area contributed by atoms with E-state index in [4.69, 9.17) is 14.8 Å². The summed E-state index contributed by atoms with van der Waals surface area (Å²) in [4.78, 5) is 16.3. The molecular weight excluding hydrogens is 448 g/mol. The zero-order valence-corrected chi connectivity index (χ0v) is 21.2.